The molecular formula is C28H43N3O4. The first-order valence-corrected chi connectivity index (χ1v) is 12.0. The van der Waals surface area contributed by atoms with Crippen molar-refractivity contribution in [2.24, 2.45) is 11.3 Å². The number of carbonyl (C=O) groups excluding carboxylic acids is 2. The van der Waals surface area contributed by atoms with E-state index in [1.165, 1.54) is 11.8 Å². The summed E-state index contributed by atoms with van der Waals surface area (Å²) in [6, 6.07) is 7.78. The Morgan fingerprint density at radius 3 is 2.03 bits per heavy atom. The molecule has 0 bridgehead atoms. The van der Waals surface area contributed by atoms with E-state index >= 15 is 0 Å². The summed E-state index contributed by atoms with van der Waals surface area (Å²) in [5.74, 6) is -1.69. The third kappa shape index (κ3) is 7.28. The van der Waals surface area contributed by atoms with E-state index in [-0.39, 0.29) is 23.3 Å². The standard InChI is InChI=1S/C28H43N3O4/c1-11-27(5,6)23(25(33)31(10)21(18(2)3)17-19(4)26(34)35)30-24(32)22(29-9)28(7,8)20-15-13-12-14-16-20/h11-18,21-23,29H,1H2,2-10H3,(H,30,32)(H,34,35)/b19-17+/t21-,22+,23-/m1/s1. The number of hydrogen-bond donors (Lipinski definition) is 3. The Bertz CT molecular complexity index is 935. The molecule has 7 heteroatoms. The van der Waals surface area contributed by atoms with Crippen molar-refractivity contribution in [2.75, 3.05) is 14.1 Å². The summed E-state index contributed by atoms with van der Waals surface area (Å²) in [6.45, 7) is 16.9. The lowest BCUT2D eigenvalue weighted by molar-refractivity contribution is -0.140. The van der Waals surface area contributed by atoms with Gasteiger partial charge >= 0.3 is 5.97 Å². The maximum atomic E-state index is 13.8. The van der Waals surface area contributed by atoms with E-state index in [9.17, 15) is 19.5 Å². The van der Waals surface area contributed by atoms with Gasteiger partial charge in [-0.05, 0) is 25.5 Å². The van der Waals surface area contributed by atoms with Crippen LogP contribution < -0.4 is 10.6 Å². The number of aliphatic carboxylic acids is 1. The molecule has 194 valence electrons. The van der Waals surface area contributed by atoms with E-state index < -0.39 is 34.9 Å². The van der Waals surface area contributed by atoms with Gasteiger partial charge in [0, 0.05) is 23.5 Å². The average molecular weight is 486 g/mol. The van der Waals surface area contributed by atoms with Crippen molar-refractivity contribution >= 4 is 17.8 Å². The zero-order valence-electron chi connectivity index (χ0n) is 22.7. The first-order valence-electron chi connectivity index (χ1n) is 12.0. The van der Waals surface area contributed by atoms with E-state index in [0.717, 1.165) is 5.56 Å². The van der Waals surface area contributed by atoms with Crippen LogP contribution in [0.15, 0.2) is 54.6 Å². The third-order valence-corrected chi connectivity index (χ3v) is 6.83. The number of carbonyl (C=O) groups is 3. The monoisotopic (exact) mass is 485 g/mol. The number of carboxylic acid groups (broad SMARTS) is 1. The van der Waals surface area contributed by atoms with E-state index in [1.54, 1.807) is 26.2 Å². The summed E-state index contributed by atoms with van der Waals surface area (Å²) in [7, 11) is 3.37. The van der Waals surface area contributed by atoms with Gasteiger partial charge in [-0.1, -0.05) is 84.0 Å². The summed E-state index contributed by atoms with van der Waals surface area (Å²) in [6.07, 6.45) is 3.24. The highest BCUT2D eigenvalue weighted by atomic mass is 16.4. The molecule has 0 fully saturated rings. The zero-order chi connectivity index (χ0) is 27.1. The van der Waals surface area contributed by atoms with Crippen molar-refractivity contribution in [2.45, 2.75) is 72.0 Å². The van der Waals surface area contributed by atoms with Gasteiger partial charge in [-0.2, -0.15) is 0 Å². The summed E-state index contributed by atoms with van der Waals surface area (Å²) >= 11 is 0. The second kappa shape index (κ2) is 12.2. The molecule has 0 saturated heterocycles. The number of nitrogens with zero attached hydrogens (tertiary/aromatic N) is 1. The van der Waals surface area contributed by atoms with Crippen LogP contribution in [0.25, 0.3) is 0 Å². The zero-order valence-corrected chi connectivity index (χ0v) is 22.7. The van der Waals surface area contributed by atoms with Crippen LogP contribution in [0.1, 0.15) is 54.0 Å². The first kappa shape index (κ1) is 30.1. The second-order valence-corrected chi connectivity index (χ2v) is 10.6. The normalized spacial score (nSPS) is 15.2. The van der Waals surface area contributed by atoms with Gasteiger partial charge in [0.2, 0.25) is 11.8 Å². The van der Waals surface area contributed by atoms with Gasteiger partial charge in [0.05, 0.1) is 12.1 Å². The van der Waals surface area contributed by atoms with Crippen molar-refractivity contribution < 1.29 is 19.5 Å². The topological polar surface area (TPSA) is 98.7 Å². The molecule has 3 atom stereocenters. The molecule has 0 aliphatic rings. The fourth-order valence-electron chi connectivity index (χ4n) is 4.19. The molecule has 0 spiro atoms. The molecule has 1 aromatic rings. The predicted octanol–water partition coefficient (Wildman–Crippen LogP) is 3.76. The van der Waals surface area contributed by atoms with E-state index in [0.29, 0.717) is 0 Å². The van der Waals surface area contributed by atoms with Crippen molar-refractivity contribution in [3.05, 3.63) is 60.2 Å². The molecule has 35 heavy (non-hydrogen) atoms. The fourth-order valence-corrected chi connectivity index (χ4v) is 4.19. The van der Waals surface area contributed by atoms with Crippen LogP contribution in [0.4, 0.5) is 0 Å². The second-order valence-electron chi connectivity index (χ2n) is 10.6. The number of likely N-dealkylation sites (N-methyl/N-ethyl adjacent to an activating group) is 2. The smallest absolute Gasteiger partial charge is 0.331 e. The summed E-state index contributed by atoms with van der Waals surface area (Å²) < 4.78 is 0. The number of rotatable bonds is 12. The lowest BCUT2D eigenvalue weighted by atomic mass is 9.76. The molecule has 2 amide bonds. The SMILES string of the molecule is C=CC(C)(C)[C@H](NC(=O)[C@H](NC)C(C)(C)c1ccccc1)C(=O)N(C)[C@H](/C=C(\C)C(=O)O)C(C)C. The Morgan fingerprint density at radius 1 is 1.06 bits per heavy atom. The number of amides is 2. The minimum Gasteiger partial charge on any atom is -0.478 e. The minimum atomic E-state index is -1.03. The first-order chi connectivity index (χ1) is 16.1. The van der Waals surface area contributed by atoms with Crippen LogP contribution >= 0.6 is 0 Å². The third-order valence-electron chi connectivity index (χ3n) is 6.83. The Hall–Kier alpha value is -2.93. The van der Waals surface area contributed by atoms with Crippen LogP contribution in [-0.4, -0.2) is 60.0 Å². The van der Waals surface area contributed by atoms with Gasteiger partial charge in [0.25, 0.3) is 0 Å². The largest absolute Gasteiger partial charge is 0.478 e. The molecule has 3 N–H and O–H groups in total. The summed E-state index contributed by atoms with van der Waals surface area (Å²) in [5.41, 5.74) is -0.165. The molecule has 0 heterocycles. The Balaban J connectivity index is 3.37. The molecule has 0 saturated carbocycles. The Labute approximate surface area is 210 Å². The molecule has 0 unspecified atom stereocenters. The summed E-state index contributed by atoms with van der Waals surface area (Å²) in [5, 5.41) is 15.4. The molecule has 0 aromatic heterocycles. The Kier molecular flexibility index (Phi) is 10.5. The van der Waals surface area contributed by atoms with Crippen molar-refractivity contribution in [1.82, 2.24) is 15.5 Å². The lowest BCUT2D eigenvalue weighted by Crippen LogP contribution is -2.61. The van der Waals surface area contributed by atoms with E-state index in [4.69, 9.17) is 0 Å². The average Bonchev–Trinajstić information content (AvgIpc) is 2.80. The number of nitrogens with one attached hydrogen (secondary N) is 2. The van der Waals surface area contributed by atoms with Gasteiger partial charge in [-0.3, -0.25) is 9.59 Å². The lowest BCUT2D eigenvalue weighted by Gasteiger charge is -2.40. The van der Waals surface area contributed by atoms with Gasteiger partial charge in [0.1, 0.15) is 6.04 Å². The highest BCUT2D eigenvalue weighted by Gasteiger charge is 2.42. The number of benzene rings is 1. The quantitative estimate of drug-likeness (QED) is 0.309. The van der Waals surface area contributed by atoms with Crippen LogP contribution in [0, 0.1) is 11.3 Å². The predicted molar refractivity (Wildman–Crippen MR) is 141 cm³/mol. The van der Waals surface area contributed by atoms with E-state index in [2.05, 4.69) is 17.2 Å². The van der Waals surface area contributed by atoms with Crippen molar-refractivity contribution in [3.63, 3.8) is 0 Å². The molecule has 7 nitrogen and oxygen atoms in total. The molecule has 0 radical (unpaired) electrons. The van der Waals surface area contributed by atoms with Crippen LogP contribution in [0.5, 0.6) is 0 Å². The highest BCUT2D eigenvalue weighted by molar-refractivity contribution is 5.92. The molecule has 1 aromatic carbocycles. The van der Waals surface area contributed by atoms with Crippen molar-refractivity contribution in [3.8, 4) is 0 Å². The maximum absolute atomic E-state index is 13.8. The molecular weight excluding hydrogens is 442 g/mol. The number of carboxylic acids is 1. The maximum Gasteiger partial charge on any atom is 0.331 e. The highest BCUT2D eigenvalue weighted by Crippen LogP contribution is 2.29. The Morgan fingerprint density at radius 2 is 1.60 bits per heavy atom. The van der Waals surface area contributed by atoms with Gasteiger partial charge < -0.3 is 20.6 Å². The van der Waals surface area contributed by atoms with Crippen LogP contribution in [0.2, 0.25) is 0 Å². The fraction of sp³-hybridized carbons (Fsp3) is 0.536. The molecule has 0 aliphatic carbocycles. The van der Waals surface area contributed by atoms with E-state index in [1.807, 2.05) is 71.9 Å². The molecule has 0 aliphatic heterocycles. The van der Waals surface area contributed by atoms with Crippen LogP contribution in [0.3, 0.4) is 0 Å². The minimum absolute atomic E-state index is 0.0384. The molecule has 1 rings (SSSR count). The van der Waals surface area contributed by atoms with Gasteiger partial charge in [-0.15, -0.1) is 6.58 Å². The van der Waals surface area contributed by atoms with Crippen LogP contribution in [-0.2, 0) is 19.8 Å². The number of hydrogen-bond acceptors (Lipinski definition) is 4. The summed E-state index contributed by atoms with van der Waals surface area (Å²) in [4.78, 5) is 40.3. The van der Waals surface area contributed by atoms with Crippen molar-refractivity contribution in [1.29, 1.82) is 0 Å². The van der Waals surface area contributed by atoms with Gasteiger partial charge in [0.15, 0.2) is 0 Å². The van der Waals surface area contributed by atoms with Gasteiger partial charge in [-0.25, -0.2) is 4.79 Å².